The van der Waals surface area contributed by atoms with E-state index in [2.05, 4.69) is 22.3 Å². The summed E-state index contributed by atoms with van der Waals surface area (Å²) < 4.78 is 30.8. The molecule has 1 aromatic carbocycles. The Bertz CT molecular complexity index is 716. The number of nitrogens with zero attached hydrogens (tertiary/aromatic N) is 1. The number of sulfone groups is 1. The van der Waals surface area contributed by atoms with Crippen molar-refractivity contribution < 1.29 is 17.9 Å². The van der Waals surface area contributed by atoms with Crippen LogP contribution in [0, 0.1) is 0 Å². The van der Waals surface area contributed by atoms with E-state index in [1.54, 1.807) is 0 Å². The van der Waals surface area contributed by atoms with Gasteiger partial charge < -0.3 is 15.0 Å². The van der Waals surface area contributed by atoms with Gasteiger partial charge >= 0.3 is 0 Å². The van der Waals surface area contributed by atoms with Gasteiger partial charge in [0.1, 0.15) is 5.25 Å². The second-order valence-corrected chi connectivity index (χ2v) is 9.95. The number of carbonyl (C=O) groups excluding carboxylic acids is 1. The minimum atomic E-state index is -3.50. The number of benzene rings is 1. The number of hydrogen-bond donors (Lipinski definition) is 1. The average molecular weight is 381 g/mol. The van der Waals surface area contributed by atoms with Crippen LogP contribution in [0.5, 0.6) is 0 Å². The predicted molar refractivity (Wildman–Crippen MR) is 101 cm³/mol. The molecule has 144 valence electrons. The fraction of sp³-hybridized carbons (Fsp3) is 0.632. The standard InChI is InChI=1S/C19H28N2O4S/c1-14(26(23,24)16-8-10-25-11-9-16)19(22)20-18-13-21(2)12-17(18)15-6-4-3-5-7-15/h3-7,14,16-18H,8-13H2,1-2H3,(H,20,22). The molecule has 26 heavy (non-hydrogen) atoms. The monoisotopic (exact) mass is 380 g/mol. The van der Waals surface area contributed by atoms with Crippen LogP contribution in [-0.4, -0.2) is 69.1 Å². The molecule has 7 heteroatoms. The molecule has 0 spiro atoms. The molecule has 1 amide bonds. The molecule has 2 saturated heterocycles. The molecule has 0 aromatic heterocycles. The molecule has 0 aliphatic carbocycles. The first-order valence-corrected chi connectivity index (χ1v) is 10.8. The second kappa shape index (κ2) is 8.06. The lowest BCUT2D eigenvalue weighted by Gasteiger charge is -2.27. The van der Waals surface area contributed by atoms with E-state index in [0.717, 1.165) is 13.1 Å². The summed E-state index contributed by atoms with van der Waals surface area (Å²) in [6.07, 6.45) is 0.942. The third-order valence-corrected chi connectivity index (χ3v) is 8.15. The first kappa shape index (κ1) is 19.3. The van der Waals surface area contributed by atoms with Gasteiger partial charge in [-0.2, -0.15) is 0 Å². The molecule has 0 bridgehead atoms. The van der Waals surface area contributed by atoms with Crippen LogP contribution < -0.4 is 5.32 Å². The van der Waals surface area contributed by atoms with Crippen molar-refractivity contribution in [2.45, 2.75) is 42.2 Å². The molecule has 1 aromatic rings. The largest absolute Gasteiger partial charge is 0.381 e. The van der Waals surface area contributed by atoms with Gasteiger partial charge in [-0.15, -0.1) is 0 Å². The lowest BCUT2D eigenvalue weighted by molar-refractivity contribution is -0.121. The first-order valence-electron chi connectivity index (χ1n) is 9.24. The maximum Gasteiger partial charge on any atom is 0.238 e. The minimum Gasteiger partial charge on any atom is -0.381 e. The SMILES string of the molecule is CC(C(=O)NC1CN(C)CC1c1ccccc1)S(=O)(=O)C1CCOCC1. The molecular weight excluding hydrogens is 352 g/mol. The van der Waals surface area contributed by atoms with E-state index in [1.807, 2.05) is 25.2 Å². The lowest BCUT2D eigenvalue weighted by atomic mass is 9.94. The Morgan fingerprint density at radius 3 is 2.50 bits per heavy atom. The Labute approximate surface area is 155 Å². The van der Waals surface area contributed by atoms with E-state index in [-0.39, 0.29) is 12.0 Å². The Balaban J connectivity index is 1.69. The summed E-state index contributed by atoms with van der Waals surface area (Å²) in [6, 6.07) is 9.99. The zero-order valence-electron chi connectivity index (χ0n) is 15.4. The van der Waals surface area contributed by atoms with E-state index >= 15 is 0 Å². The maximum atomic E-state index is 12.8. The number of hydrogen-bond acceptors (Lipinski definition) is 5. The first-order chi connectivity index (χ1) is 12.4. The average Bonchev–Trinajstić information content (AvgIpc) is 3.02. The fourth-order valence-corrected chi connectivity index (χ4v) is 5.72. The number of rotatable bonds is 5. The summed E-state index contributed by atoms with van der Waals surface area (Å²) in [5.41, 5.74) is 1.17. The molecule has 6 nitrogen and oxygen atoms in total. The van der Waals surface area contributed by atoms with Crippen molar-refractivity contribution in [1.29, 1.82) is 0 Å². The molecular formula is C19H28N2O4S. The molecule has 0 radical (unpaired) electrons. The van der Waals surface area contributed by atoms with Crippen LogP contribution in [0.2, 0.25) is 0 Å². The molecule has 0 saturated carbocycles. The van der Waals surface area contributed by atoms with Gasteiger partial charge in [0.2, 0.25) is 5.91 Å². The van der Waals surface area contributed by atoms with Crippen LogP contribution in [0.4, 0.5) is 0 Å². The van der Waals surface area contributed by atoms with E-state index in [1.165, 1.54) is 12.5 Å². The van der Waals surface area contributed by atoms with Crippen LogP contribution >= 0.6 is 0 Å². The van der Waals surface area contributed by atoms with Crippen LogP contribution in [0.3, 0.4) is 0 Å². The number of nitrogens with one attached hydrogen (secondary N) is 1. The van der Waals surface area contributed by atoms with Crippen LogP contribution in [0.25, 0.3) is 0 Å². The Morgan fingerprint density at radius 1 is 1.19 bits per heavy atom. The summed E-state index contributed by atoms with van der Waals surface area (Å²) in [5.74, 6) is -0.221. The van der Waals surface area contributed by atoms with E-state index < -0.39 is 26.2 Å². The highest BCUT2D eigenvalue weighted by atomic mass is 32.2. The van der Waals surface area contributed by atoms with Crippen molar-refractivity contribution in [3.05, 3.63) is 35.9 Å². The Hall–Kier alpha value is -1.44. The van der Waals surface area contributed by atoms with Crippen molar-refractivity contribution in [2.24, 2.45) is 0 Å². The maximum absolute atomic E-state index is 12.8. The molecule has 2 heterocycles. The summed E-state index contributed by atoms with van der Waals surface area (Å²) in [5, 5.41) is 1.50. The molecule has 2 aliphatic heterocycles. The normalized spacial score (nSPS) is 26.5. The van der Waals surface area contributed by atoms with Crippen molar-refractivity contribution in [3.8, 4) is 0 Å². The van der Waals surface area contributed by atoms with Gasteiger partial charge in [-0.1, -0.05) is 30.3 Å². The van der Waals surface area contributed by atoms with Gasteiger partial charge in [-0.05, 0) is 32.4 Å². The Morgan fingerprint density at radius 2 is 1.85 bits per heavy atom. The van der Waals surface area contributed by atoms with Gasteiger partial charge in [0.05, 0.1) is 5.25 Å². The van der Waals surface area contributed by atoms with E-state index in [0.29, 0.717) is 26.1 Å². The van der Waals surface area contributed by atoms with Crippen molar-refractivity contribution in [1.82, 2.24) is 10.2 Å². The number of likely N-dealkylation sites (N-methyl/N-ethyl adjacent to an activating group) is 1. The molecule has 1 N–H and O–H groups in total. The zero-order valence-corrected chi connectivity index (χ0v) is 16.2. The summed E-state index contributed by atoms with van der Waals surface area (Å²) in [7, 11) is -1.49. The summed E-state index contributed by atoms with van der Waals surface area (Å²) in [6.45, 7) is 3.96. The highest BCUT2D eigenvalue weighted by molar-refractivity contribution is 7.93. The second-order valence-electron chi connectivity index (χ2n) is 7.40. The topological polar surface area (TPSA) is 75.7 Å². The molecule has 2 aliphatic rings. The molecule has 3 atom stereocenters. The van der Waals surface area contributed by atoms with Crippen molar-refractivity contribution in [2.75, 3.05) is 33.4 Å². The number of ether oxygens (including phenoxy) is 1. The van der Waals surface area contributed by atoms with Gasteiger partial charge in [-0.3, -0.25) is 4.79 Å². The van der Waals surface area contributed by atoms with Gasteiger partial charge in [0.25, 0.3) is 0 Å². The van der Waals surface area contributed by atoms with Crippen LogP contribution in [0.15, 0.2) is 30.3 Å². The summed E-state index contributed by atoms with van der Waals surface area (Å²) in [4.78, 5) is 14.9. The smallest absolute Gasteiger partial charge is 0.238 e. The number of amides is 1. The highest BCUT2D eigenvalue weighted by Crippen LogP contribution is 2.27. The minimum absolute atomic E-state index is 0.0813. The van der Waals surface area contributed by atoms with Crippen molar-refractivity contribution in [3.63, 3.8) is 0 Å². The lowest BCUT2D eigenvalue weighted by Crippen LogP contribution is -2.48. The highest BCUT2D eigenvalue weighted by Gasteiger charge is 2.39. The van der Waals surface area contributed by atoms with Crippen molar-refractivity contribution >= 4 is 15.7 Å². The van der Waals surface area contributed by atoms with Crippen LogP contribution in [-0.2, 0) is 19.4 Å². The third-order valence-electron chi connectivity index (χ3n) is 5.55. The molecule has 3 unspecified atom stereocenters. The quantitative estimate of drug-likeness (QED) is 0.830. The number of likely N-dealkylation sites (tertiary alicyclic amines) is 1. The summed E-state index contributed by atoms with van der Waals surface area (Å²) >= 11 is 0. The van der Waals surface area contributed by atoms with E-state index in [9.17, 15) is 13.2 Å². The predicted octanol–water partition coefficient (Wildman–Crippen LogP) is 1.18. The van der Waals surface area contributed by atoms with Gasteiger partial charge in [0.15, 0.2) is 9.84 Å². The van der Waals surface area contributed by atoms with Crippen LogP contribution in [0.1, 0.15) is 31.2 Å². The Kier molecular flexibility index (Phi) is 5.99. The molecule has 2 fully saturated rings. The zero-order chi connectivity index (χ0) is 18.7. The number of carbonyl (C=O) groups is 1. The van der Waals surface area contributed by atoms with Gasteiger partial charge in [0, 0.05) is 38.3 Å². The molecule has 3 rings (SSSR count). The fourth-order valence-electron chi connectivity index (χ4n) is 3.93. The van der Waals surface area contributed by atoms with Gasteiger partial charge in [-0.25, -0.2) is 8.42 Å². The van der Waals surface area contributed by atoms with E-state index in [4.69, 9.17) is 4.74 Å². The third kappa shape index (κ3) is 4.10.